The van der Waals surface area contributed by atoms with Crippen LogP contribution in [0.15, 0.2) is 12.2 Å². The first kappa shape index (κ1) is 33.4. The third-order valence-corrected chi connectivity index (χ3v) is 14.7. The molecule has 0 aromatic heterocycles. The number of aliphatic hydroxyl groups excluding tert-OH is 3. The molecule has 0 spiro atoms. The van der Waals surface area contributed by atoms with Crippen LogP contribution in [0.1, 0.15) is 98.8 Å². The minimum absolute atomic E-state index is 0.000984. The minimum atomic E-state index is -0.452. The fourth-order valence-electron chi connectivity index (χ4n) is 12.2. The van der Waals surface area contributed by atoms with Gasteiger partial charge in [0.05, 0.1) is 51.2 Å². The first-order valence-corrected chi connectivity index (χ1v) is 17.2. The number of ether oxygens (including phenoxy) is 3. The van der Waals surface area contributed by atoms with Gasteiger partial charge in [0.25, 0.3) is 0 Å². The van der Waals surface area contributed by atoms with Crippen LogP contribution >= 0.6 is 0 Å². The minimum Gasteiger partial charge on any atom is -0.463 e. The summed E-state index contributed by atoms with van der Waals surface area (Å²) in [5, 5.41) is 30.4. The molecule has 0 amide bonds. The van der Waals surface area contributed by atoms with Crippen LogP contribution in [0.25, 0.3) is 0 Å². The molecular formula is C36H60O7. The third-order valence-electron chi connectivity index (χ3n) is 14.7. The topological polar surface area (TPSA) is 105 Å². The van der Waals surface area contributed by atoms with Crippen molar-refractivity contribution in [3.05, 3.63) is 12.2 Å². The Bertz CT molecular complexity index is 1030. The number of hydrogen-bond donors (Lipinski definition) is 3. The summed E-state index contributed by atoms with van der Waals surface area (Å²) in [5.74, 6) is 1.86. The zero-order chi connectivity index (χ0) is 31.3. The van der Waals surface area contributed by atoms with Crippen molar-refractivity contribution in [3.8, 4) is 0 Å². The van der Waals surface area contributed by atoms with E-state index in [0.29, 0.717) is 50.1 Å². The SMILES string of the molecule is C=C(C)[C@@H]1CC[C@]2(C(=O)OCCOCCOCCO)CC[C@]3(C)C(CCC4[C@@]5(C)CC[C@H](O)[C@@](C)(CO)C5CC[C@]43C)C12. The Labute approximate surface area is 260 Å². The summed E-state index contributed by atoms with van der Waals surface area (Å²) in [4.78, 5) is 14.1. The molecule has 11 atom stereocenters. The predicted octanol–water partition coefficient (Wildman–Crippen LogP) is 5.55. The van der Waals surface area contributed by atoms with Crippen molar-refractivity contribution in [1.82, 2.24) is 0 Å². The van der Waals surface area contributed by atoms with Crippen LogP contribution in [0.3, 0.4) is 0 Å². The molecule has 0 aromatic carbocycles. The lowest BCUT2D eigenvalue weighted by Crippen LogP contribution is -2.67. The largest absolute Gasteiger partial charge is 0.463 e. The van der Waals surface area contributed by atoms with E-state index in [9.17, 15) is 15.0 Å². The van der Waals surface area contributed by atoms with Gasteiger partial charge >= 0.3 is 5.97 Å². The number of carbonyl (C=O) groups is 1. The molecule has 5 fully saturated rings. The highest BCUT2D eigenvalue weighted by molar-refractivity contribution is 5.78. The summed E-state index contributed by atoms with van der Waals surface area (Å²) in [5.41, 5.74) is 0.663. The van der Waals surface area contributed by atoms with Gasteiger partial charge in [0.1, 0.15) is 6.61 Å². The summed E-state index contributed by atoms with van der Waals surface area (Å²) in [7, 11) is 0. The van der Waals surface area contributed by atoms with Crippen LogP contribution in [0, 0.1) is 56.7 Å². The van der Waals surface area contributed by atoms with Gasteiger partial charge in [0, 0.05) is 5.41 Å². The van der Waals surface area contributed by atoms with Gasteiger partial charge in [-0.3, -0.25) is 4.79 Å². The molecule has 5 aliphatic carbocycles. The standard InChI is InChI=1S/C36H60O7/c1-24(2)25-9-14-36(31(40)43-22-21-42-20-19-41-18-17-37)16-15-34(5)26(30(25)36)7-8-28-32(3)12-11-29(39)33(4,23-38)27(32)10-13-35(28,34)6/h25-30,37-39H,1,7-23H2,2-6H3/t25-,26?,27?,28?,29-,30?,32-,33-,34+,35+,36-/m0/s1. The summed E-state index contributed by atoms with van der Waals surface area (Å²) in [6, 6.07) is 0. The van der Waals surface area contributed by atoms with Crippen molar-refractivity contribution in [3.63, 3.8) is 0 Å². The lowest BCUT2D eigenvalue weighted by Gasteiger charge is -2.72. The third kappa shape index (κ3) is 5.06. The van der Waals surface area contributed by atoms with Crippen LogP contribution in [0.5, 0.6) is 0 Å². The van der Waals surface area contributed by atoms with E-state index in [4.69, 9.17) is 19.3 Å². The van der Waals surface area contributed by atoms with Gasteiger partial charge in [-0.25, -0.2) is 0 Å². The van der Waals surface area contributed by atoms with E-state index in [1.54, 1.807) is 0 Å². The molecule has 43 heavy (non-hydrogen) atoms. The number of rotatable bonds is 11. The van der Waals surface area contributed by atoms with Crippen LogP contribution in [-0.2, 0) is 19.0 Å². The maximum atomic E-state index is 14.1. The average molecular weight is 605 g/mol. The van der Waals surface area contributed by atoms with Gasteiger partial charge in [-0.1, -0.05) is 39.8 Å². The first-order chi connectivity index (χ1) is 20.4. The second-order valence-electron chi connectivity index (χ2n) is 16.1. The first-order valence-electron chi connectivity index (χ1n) is 17.2. The molecule has 5 aliphatic rings. The smallest absolute Gasteiger partial charge is 0.312 e. The molecule has 0 bridgehead atoms. The van der Waals surface area contributed by atoms with E-state index < -0.39 is 16.9 Å². The molecule has 0 aromatic rings. The van der Waals surface area contributed by atoms with Gasteiger partial charge in [-0.15, -0.1) is 0 Å². The summed E-state index contributed by atoms with van der Waals surface area (Å²) in [6.07, 6.45) is 9.60. The van der Waals surface area contributed by atoms with Gasteiger partial charge in [-0.2, -0.15) is 0 Å². The Morgan fingerprint density at radius 2 is 1.49 bits per heavy atom. The predicted molar refractivity (Wildman–Crippen MR) is 166 cm³/mol. The van der Waals surface area contributed by atoms with E-state index in [-0.39, 0.29) is 48.0 Å². The van der Waals surface area contributed by atoms with Crippen LogP contribution < -0.4 is 0 Å². The normalized spacial score (nSPS) is 47.2. The van der Waals surface area contributed by atoms with Gasteiger partial charge in [0.15, 0.2) is 0 Å². The Morgan fingerprint density at radius 1 is 0.791 bits per heavy atom. The molecule has 3 N–H and O–H groups in total. The molecule has 7 nitrogen and oxygen atoms in total. The highest BCUT2D eigenvalue weighted by atomic mass is 16.6. The number of allylic oxidation sites excluding steroid dienone is 1. The van der Waals surface area contributed by atoms with Gasteiger partial charge in [-0.05, 0) is 117 Å². The number of esters is 1. The summed E-state index contributed by atoms with van der Waals surface area (Å²) >= 11 is 0. The van der Waals surface area contributed by atoms with Crippen molar-refractivity contribution >= 4 is 5.97 Å². The maximum Gasteiger partial charge on any atom is 0.312 e. The molecule has 0 aliphatic heterocycles. The van der Waals surface area contributed by atoms with E-state index in [1.807, 2.05) is 0 Å². The quantitative estimate of drug-likeness (QED) is 0.161. The summed E-state index contributed by atoms with van der Waals surface area (Å²) in [6.45, 7) is 18.1. The fourth-order valence-corrected chi connectivity index (χ4v) is 12.2. The van der Waals surface area contributed by atoms with Crippen LogP contribution in [-0.4, -0.2) is 73.6 Å². The van der Waals surface area contributed by atoms with E-state index in [0.717, 1.165) is 64.2 Å². The molecule has 5 rings (SSSR count). The van der Waals surface area contributed by atoms with Crippen LogP contribution in [0.2, 0.25) is 0 Å². The van der Waals surface area contributed by atoms with Crippen LogP contribution in [0.4, 0.5) is 0 Å². The fraction of sp³-hybridized carbons (Fsp3) is 0.917. The molecule has 4 unspecified atom stereocenters. The molecule has 0 saturated heterocycles. The number of hydrogen-bond acceptors (Lipinski definition) is 7. The highest BCUT2D eigenvalue weighted by Crippen LogP contribution is 2.77. The zero-order valence-corrected chi connectivity index (χ0v) is 27.7. The van der Waals surface area contributed by atoms with Gasteiger partial charge < -0.3 is 29.5 Å². The van der Waals surface area contributed by atoms with Crippen molar-refractivity contribution in [1.29, 1.82) is 0 Å². The monoisotopic (exact) mass is 604 g/mol. The molecule has 7 heteroatoms. The number of fused-ring (bicyclic) bond motifs is 7. The van der Waals surface area contributed by atoms with E-state index >= 15 is 0 Å². The maximum absolute atomic E-state index is 14.1. The average Bonchev–Trinajstić information content (AvgIpc) is 3.38. The Balaban J connectivity index is 1.37. The van der Waals surface area contributed by atoms with Gasteiger partial charge in [0.2, 0.25) is 0 Å². The van der Waals surface area contributed by atoms with E-state index in [1.165, 1.54) is 5.57 Å². The number of carbonyl (C=O) groups excluding carboxylic acids is 1. The van der Waals surface area contributed by atoms with E-state index in [2.05, 4.69) is 41.2 Å². The molecule has 246 valence electrons. The second kappa shape index (κ2) is 12.3. The molecule has 0 radical (unpaired) electrons. The second-order valence-corrected chi connectivity index (χ2v) is 16.1. The van der Waals surface area contributed by atoms with Crippen molar-refractivity contribution in [2.45, 2.75) is 105 Å². The van der Waals surface area contributed by atoms with Crippen molar-refractivity contribution in [2.75, 3.05) is 46.2 Å². The lowest BCUT2D eigenvalue weighted by atomic mass is 9.32. The number of aliphatic hydroxyl groups is 3. The highest BCUT2D eigenvalue weighted by Gasteiger charge is 2.72. The zero-order valence-electron chi connectivity index (χ0n) is 27.7. The van der Waals surface area contributed by atoms with Crippen molar-refractivity contribution < 1.29 is 34.3 Å². The Morgan fingerprint density at radius 3 is 2.16 bits per heavy atom. The van der Waals surface area contributed by atoms with Crippen molar-refractivity contribution in [2.24, 2.45) is 56.7 Å². The Kier molecular flexibility index (Phi) is 9.56. The lowest BCUT2D eigenvalue weighted by molar-refractivity contribution is -0.254. The molecule has 5 saturated carbocycles. The Hall–Kier alpha value is -0.990. The molecule has 0 heterocycles. The molecular weight excluding hydrogens is 544 g/mol. The summed E-state index contributed by atoms with van der Waals surface area (Å²) < 4.78 is 16.9.